The monoisotopic (exact) mass is 188 g/mol. The minimum atomic E-state index is -2.38. The molecule has 4 nitrogen and oxygen atoms in total. The Kier molecular flexibility index (Phi) is 2.94. The van der Waals surface area contributed by atoms with E-state index in [4.69, 9.17) is 5.73 Å². The van der Waals surface area contributed by atoms with Gasteiger partial charge in [-0.1, -0.05) is 0 Å². The predicted molar refractivity (Wildman–Crippen MR) is 45.7 cm³/mol. The molecule has 0 amide bonds. The second-order valence-corrected chi connectivity index (χ2v) is 2.59. The van der Waals surface area contributed by atoms with Crippen LogP contribution in [0.5, 0.6) is 0 Å². The molecule has 0 radical (unpaired) electrons. The number of aromatic nitrogens is 2. The van der Waals surface area contributed by atoms with Crippen molar-refractivity contribution in [2.45, 2.75) is 6.43 Å². The van der Waals surface area contributed by atoms with Crippen LogP contribution in [0.15, 0.2) is 12.1 Å². The molecular weight excluding hydrogens is 178 g/mol. The quantitative estimate of drug-likeness (QED) is 0.760. The maximum absolute atomic E-state index is 11.9. The third-order valence-electron chi connectivity index (χ3n) is 1.47. The summed E-state index contributed by atoms with van der Waals surface area (Å²) < 4.78 is 23.9. The number of hydrogen-bond acceptors (Lipinski definition) is 4. The van der Waals surface area contributed by atoms with Gasteiger partial charge in [0.05, 0.1) is 6.54 Å². The highest BCUT2D eigenvalue weighted by atomic mass is 19.3. The van der Waals surface area contributed by atoms with Crippen LogP contribution in [-0.2, 0) is 0 Å². The van der Waals surface area contributed by atoms with E-state index in [2.05, 4.69) is 10.2 Å². The van der Waals surface area contributed by atoms with Gasteiger partial charge in [-0.25, -0.2) is 8.78 Å². The van der Waals surface area contributed by atoms with Gasteiger partial charge in [-0.2, -0.15) is 0 Å². The molecule has 1 aromatic rings. The summed E-state index contributed by atoms with van der Waals surface area (Å²) in [6, 6.07) is 3.06. The van der Waals surface area contributed by atoms with Crippen LogP contribution >= 0.6 is 0 Å². The molecule has 1 aromatic heterocycles. The van der Waals surface area contributed by atoms with Crippen molar-refractivity contribution in [3.05, 3.63) is 12.1 Å². The molecule has 0 aliphatic carbocycles. The van der Waals surface area contributed by atoms with Crippen LogP contribution in [0.3, 0.4) is 0 Å². The third-order valence-corrected chi connectivity index (χ3v) is 1.47. The van der Waals surface area contributed by atoms with Crippen LogP contribution in [0.2, 0.25) is 0 Å². The third kappa shape index (κ3) is 2.81. The van der Waals surface area contributed by atoms with Gasteiger partial charge in [0, 0.05) is 7.05 Å². The number of alkyl halides is 2. The van der Waals surface area contributed by atoms with Gasteiger partial charge in [-0.15, -0.1) is 10.2 Å². The molecule has 1 heterocycles. The maximum Gasteiger partial charge on any atom is 0.255 e. The van der Waals surface area contributed by atoms with Crippen molar-refractivity contribution in [3.8, 4) is 0 Å². The molecule has 2 N–H and O–H groups in total. The molecular formula is C7H10F2N4. The van der Waals surface area contributed by atoms with Crippen LogP contribution in [0, 0.1) is 0 Å². The van der Waals surface area contributed by atoms with E-state index < -0.39 is 6.43 Å². The van der Waals surface area contributed by atoms with Crippen LogP contribution in [0.25, 0.3) is 0 Å². The lowest BCUT2D eigenvalue weighted by Gasteiger charge is -2.16. The van der Waals surface area contributed by atoms with E-state index in [0.29, 0.717) is 5.82 Å². The second kappa shape index (κ2) is 3.97. The molecule has 0 aliphatic rings. The zero-order chi connectivity index (χ0) is 9.84. The van der Waals surface area contributed by atoms with Crippen LogP contribution in [0.4, 0.5) is 20.4 Å². The van der Waals surface area contributed by atoms with E-state index in [1.807, 2.05) is 0 Å². The first-order valence-electron chi connectivity index (χ1n) is 3.68. The molecule has 0 aromatic carbocycles. The lowest BCUT2D eigenvalue weighted by molar-refractivity contribution is 0.156. The van der Waals surface area contributed by atoms with Gasteiger partial charge < -0.3 is 10.6 Å². The molecule has 0 saturated carbocycles. The molecule has 6 heteroatoms. The Labute approximate surface area is 74.4 Å². The minimum Gasteiger partial charge on any atom is -0.382 e. The van der Waals surface area contributed by atoms with Gasteiger partial charge in [0.1, 0.15) is 5.82 Å². The van der Waals surface area contributed by atoms with Crippen molar-refractivity contribution < 1.29 is 8.78 Å². The number of hydrogen-bond donors (Lipinski definition) is 1. The molecule has 0 unspecified atom stereocenters. The maximum atomic E-state index is 11.9. The first kappa shape index (κ1) is 9.63. The first-order valence-corrected chi connectivity index (χ1v) is 3.68. The van der Waals surface area contributed by atoms with Crippen LogP contribution in [0.1, 0.15) is 0 Å². The summed E-state index contributed by atoms with van der Waals surface area (Å²) in [5, 5.41) is 7.20. The van der Waals surface area contributed by atoms with Crippen LogP contribution < -0.4 is 10.6 Å². The Morgan fingerprint density at radius 3 is 2.62 bits per heavy atom. The summed E-state index contributed by atoms with van der Waals surface area (Å²) in [4.78, 5) is 1.32. The number of nitrogen functional groups attached to an aromatic ring is 1. The average Bonchev–Trinajstić information content (AvgIpc) is 2.04. The van der Waals surface area contributed by atoms with Gasteiger partial charge >= 0.3 is 0 Å². The van der Waals surface area contributed by atoms with Gasteiger partial charge in [-0.05, 0) is 12.1 Å². The zero-order valence-electron chi connectivity index (χ0n) is 7.11. The smallest absolute Gasteiger partial charge is 0.255 e. The van der Waals surface area contributed by atoms with E-state index in [-0.39, 0.29) is 12.4 Å². The lowest BCUT2D eigenvalue weighted by Crippen LogP contribution is -2.25. The molecule has 0 fully saturated rings. The Hall–Kier alpha value is -1.46. The number of nitrogens with two attached hydrogens (primary N) is 1. The van der Waals surface area contributed by atoms with Crippen LogP contribution in [-0.4, -0.2) is 30.2 Å². The van der Waals surface area contributed by atoms with Gasteiger partial charge in [0.15, 0.2) is 5.82 Å². The normalized spacial score (nSPS) is 10.5. The molecule has 0 saturated heterocycles. The highest BCUT2D eigenvalue weighted by molar-refractivity contribution is 5.40. The SMILES string of the molecule is CN(CC(F)F)c1ccc(N)nn1. The summed E-state index contributed by atoms with van der Waals surface area (Å²) in [7, 11) is 1.52. The van der Waals surface area contributed by atoms with E-state index in [0.717, 1.165) is 0 Å². The predicted octanol–water partition coefficient (Wildman–Crippen LogP) is 0.760. The fourth-order valence-electron chi connectivity index (χ4n) is 0.840. The molecule has 0 bridgehead atoms. The second-order valence-electron chi connectivity index (χ2n) is 2.59. The molecule has 13 heavy (non-hydrogen) atoms. The zero-order valence-corrected chi connectivity index (χ0v) is 7.11. The summed E-state index contributed by atoms with van der Waals surface area (Å²) in [5.74, 6) is 0.656. The highest BCUT2D eigenvalue weighted by Crippen LogP contribution is 2.09. The molecule has 0 aliphatic heterocycles. The van der Waals surface area contributed by atoms with Crippen molar-refractivity contribution in [2.75, 3.05) is 24.2 Å². The highest BCUT2D eigenvalue weighted by Gasteiger charge is 2.09. The largest absolute Gasteiger partial charge is 0.382 e. The van der Waals surface area contributed by atoms with Gasteiger partial charge in [-0.3, -0.25) is 0 Å². The Balaban J connectivity index is 2.66. The van der Waals surface area contributed by atoms with Crippen molar-refractivity contribution in [2.24, 2.45) is 0 Å². The summed E-state index contributed by atoms with van der Waals surface area (Å²) in [5.41, 5.74) is 5.29. The summed E-state index contributed by atoms with van der Waals surface area (Å²) in [6.07, 6.45) is -2.38. The summed E-state index contributed by atoms with van der Waals surface area (Å²) in [6.45, 7) is -0.363. The lowest BCUT2D eigenvalue weighted by atomic mass is 10.4. The topological polar surface area (TPSA) is 55.0 Å². The number of nitrogens with zero attached hydrogens (tertiary/aromatic N) is 3. The fraction of sp³-hybridized carbons (Fsp3) is 0.429. The van der Waals surface area contributed by atoms with E-state index in [9.17, 15) is 8.78 Å². The summed E-state index contributed by atoms with van der Waals surface area (Å²) >= 11 is 0. The van der Waals surface area contributed by atoms with Crippen molar-refractivity contribution in [1.82, 2.24) is 10.2 Å². The van der Waals surface area contributed by atoms with Gasteiger partial charge in [0.2, 0.25) is 0 Å². The Morgan fingerprint density at radius 2 is 2.15 bits per heavy atom. The standard InChI is InChI=1S/C7H10F2N4/c1-13(4-5(8)9)7-3-2-6(10)11-12-7/h2-3,5H,4H2,1H3,(H2,10,11). The number of anilines is 2. The number of rotatable bonds is 3. The number of halogens is 2. The molecule has 0 atom stereocenters. The van der Waals surface area contributed by atoms with E-state index in [1.165, 1.54) is 18.0 Å². The van der Waals surface area contributed by atoms with Gasteiger partial charge in [0.25, 0.3) is 6.43 Å². The molecule has 0 spiro atoms. The Bertz CT molecular complexity index is 262. The molecule has 1 rings (SSSR count). The fourth-order valence-corrected chi connectivity index (χ4v) is 0.840. The van der Waals surface area contributed by atoms with E-state index in [1.54, 1.807) is 6.07 Å². The van der Waals surface area contributed by atoms with Crippen molar-refractivity contribution in [3.63, 3.8) is 0 Å². The van der Waals surface area contributed by atoms with Crippen molar-refractivity contribution in [1.29, 1.82) is 0 Å². The first-order chi connectivity index (χ1) is 6.09. The van der Waals surface area contributed by atoms with Crippen molar-refractivity contribution >= 4 is 11.6 Å². The average molecular weight is 188 g/mol. The Morgan fingerprint density at radius 1 is 1.46 bits per heavy atom. The molecule has 72 valence electrons. The van der Waals surface area contributed by atoms with E-state index >= 15 is 0 Å². The minimum absolute atomic E-state index is 0.272.